The van der Waals surface area contributed by atoms with Crippen LogP contribution in [0.4, 0.5) is 17.5 Å². The van der Waals surface area contributed by atoms with Gasteiger partial charge in [0.1, 0.15) is 71.7 Å². The molecule has 0 spiro atoms. The molecule has 5 aliphatic rings. The van der Waals surface area contributed by atoms with Gasteiger partial charge in [-0.05, 0) is 99.2 Å². The molecule has 544 valence electrons. The summed E-state index contributed by atoms with van der Waals surface area (Å²) in [6.45, 7) is 19.1. The number of H-pyrrole nitrogens is 1. The fourth-order valence-electron chi connectivity index (χ4n) is 13.6. The van der Waals surface area contributed by atoms with Crippen molar-refractivity contribution in [2.45, 2.75) is 63.3 Å². The lowest BCUT2D eigenvalue weighted by atomic mass is 10.1. The number of imidazole rings is 1. The molecule has 0 saturated carbocycles. The Kier molecular flexibility index (Phi) is 22.3. The third-order valence-corrected chi connectivity index (χ3v) is 19.8. The van der Waals surface area contributed by atoms with Crippen molar-refractivity contribution in [1.29, 1.82) is 0 Å². The van der Waals surface area contributed by atoms with Gasteiger partial charge in [0.2, 0.25) is 17.7 Å². The molecule has 0 unspecified atom stereocenters. The van der Waals surface area contributed by atoms with E-state index in [1.165, 1.54) is 37.2 Å². The lowest BCUT2D eigenvalue weighted by Crippen LogP contribution is -2.48. The second-order valence-corrected chi connectivity index (χ2v) is 26.6. The minimum atomic E-state index is -0.291. The maximum atomic E-state index is 12.9. The van der Waals surface area contributed by atoms with Crippen molar-refractivity contribution < 1.29 is 38.2 Å². The fourth-order valence-corrected chi connectivity index (χ4v) is 14.4. The minimum absolute atomic E-state index is 0.0467. The average Bonchev–Trinajstić information content (AvgIpc) is 1.62. The molecule has 0 bridgehead atoms. The van der Waals surface area contributed by atoms with Crippen molar-refractivity contribution in [3.63, 3.8) is 0 Å². The maximum Gasteiger partial charge on any atom is 0.267 e. The van der Waals surface area contributed by atoms with E-state index >= 15 is 0 Å². The average molecular weight is 1490 g/mol. The predicted octanol–water partition coefficient (Wildman–Crippen LogP) is 7.99. The number of nitrogens with two attached hydrogens (primary N) is 3. The van der Waals surface area contributed by atoms with Crippen molar-refractivity contribution in [2.75, 3.05) is 109 Å². The summed E-state index contributed by atoms with van der Waals surface area (Å²) in [5.74, 6) is 1.43. The molecule has 31 nitrogen and oxygen atoms in total. The van der Waals surface area contributed by atoms with Gasteiger partial charge >= 0.3 is 0 Å². The van der Waals surface area contributed by atoms with E-state index in [2.05, 4.69) is 65.0 Å². The Morgan fingerprint density at radius 2 is 0.933 bits per heavy atom. The van der Waals surface area contributed by atoms with Gasteiger partial charge < -0.3 is 56.0 Å². The van der Waals surface area contributed by atoms with Crippen molar-refractivity contribution in [1.82, 2.24) is 99.2 Å². The SMILES string of the molecule is C=CC(=O)N1CCC[C@@H](n2nc(-c3ccc(C(=O)N4CCOCC4)c(Cl)c3)c3c(N)ncnc32)C1.C=CC(=O)N1CCC[C@@H](n2nc(-c3ccc(C(=O)NN4CCOCC4)c(Cl)c3)c3c(N)ncnc32)C1.C=CC(=O)N1CCC[C@@H](n2nc(-c3ccc(OCc4ncc[nH]4)c(Cl)c3)c3c(N)ncnc32)C1. The van der Waals surface area contributed by atoms with E-state index < -0.39 is 0 Å². The quantitative estimate of drug-likeness (QED) is 0.0607. The van der Waals surface area contributed by atoms with Crippen LogP contribution < -0.4 is 27.4 Å². The Morgan fingerprint density at radius 3 is 1.33 bits per heavy atom. The number of fused-ring (bicyclic) bond motifs is 3. The van der Waals surface area contributed by atoms with Crippen molar-refractivity contribution >= 4 is 115 Å². The van der Waals surface area contributed by atoms with Crippen LogP contribution in [0, 0.1) is 0 Å². The monoisotopic (exact) mass is 1480 g/mol. The molecular weight excluding hydrogens is 1410 g/mol. The standard InChI is InChI=1S/C24H27ClN8O3.C24H26ClN7O3.C23H23ClN8O2/c1-2-19(34)31-7-3-4-16(13-31)33-23-20(22(26)27-14-28-23)21(29-33)15-5-6-17(18(25)12-15)24(35)30-32-8-10-36-11-9-32;1-2-19(33)31-7-3-4-16(13-31)32-23-20(22(26)27-14-28-23)21(29-32)15-5-6-17(18(25)12-15)24(34)30-8-10-35-11-9-30;1-2-19(33)31-9-3-4-15(11-31)32-23-20(22(25)28-13-29-23)21(30-32)14-5-6-17(16(24)10-14)34-12-18-26-7-8-27-18/h2,5-6,12,14,16H,1,3-4,7-11,13H2,(H,30,35)(H2,26,27,28);2,5-6,12,14,16H,1,3-4,7-11,13H2,(H2,26,27,28);2,5-8,10,13,15H,1,3-4,9,11-12H2,(H,26,27)(H2,25,28,29)/t2*16-;15-/m111/s1. The summed E-state index contributed by atoms with van der Waals surface area (Å²) >= 11 is 19.7. The van der Waals surface area contributed by atoms with Crippen LogP contribution in [0.25, 0.3) is 66.9 Å². The van der Waals surface area contributed by atoms with Crippen molar-refractivity contribution in [3.8, 4) is 39.5 Å². The molecule has 34 heteroatoms. The number of aromatic nitrogens is 14. The number of benzene rings is 3. The van der Waals surface area contributed by atoms with Crippen molar-refractivity contribution in [3.05, 3.63) is 156 Å². The summed E-state index contributed by atoms with van der Waals surface area (Å²) in [4.78, 5) is 102. The lowest BCUT2D eigenvalue weighted by molar-refractivity contribution is -0.128. The third-order valence-electron chi connectivity index (χ3n) is 18.9. The van der Waals surface area contributed by atoms with Gasteiger partial charge in [0.05, 0.1) is 86.9 Å². The number of nitrogen functional groups attached to an aromatic ring is 3. The Morgan fingerprint density at radius 1 is 0.524 bits per heavy atom. The number of nitrogens with one attached hydrogen (secondary N) is 2. The zero-order chi connectivity index (χ0) is 73.4. The number of rotatable bonds is 15. The molecule has 5 fully saturated rings. The number of hydrazine groups is 1. The molecule has 5 amide bonds. The summed E-state index contributed by atoms with van der Waals surface area (Å²) in [7, 11) is 0. The number of carbonyl (C=O) groups is 5. The summed E-state index contributed by atoms with van der Waals surface area (Å²) in [5, 5.41) is 19.3. The van der Waals surface area contributed by atoms with Crippen LogP contribution >= 0.6 is 34.8 Å². The van der Waals surface area contributed by atoms with E-state index in [0.29, 0.717) is 203 Å². The molecule has 7 aromatic heterocycles. The molecular formula is C71H76Cl3N23O8. The van der Waals surface area contributed by atoms with E-state index in [9.17, 15) is 24.0 Å². The van der Waals surface area contributed by atoms with Gasteiger partial charge in [0.15, 0.2) is 16.9 Å². The lowest BCUT2D eigenvalue weighted by Gasteiger charge is -2.32. The van der Waals surface area contributed by atoms with Gasteiger partial charge in [-0.15, -0.1) is 0 Å². The van der Waals surface area contributed by atoms with Crippen LogP contribution in [0.5, 0.6) is 5.75 Å². The number of nitrogens with zero attached hydrogens (tertiary/aromatic N) is 18. The number of likely N-dealkylation sites (tertiary alicyclic amines) is 3. The summed E-state index contributed by atoms with van der Waals surface area (Å²) in [6, 6.07) is 15.6. The van der Waals surface area contributed by atoms with Crippen LogP contribution in [0.15, 0.2) is 124 Å². The predicted molar refractivity (Wildman–Crippen MR) is 395 cm³/mol. The topological polar surface area (TPSA) is 379 Å². The Bertz CT molecular complexity index is 4940. The number of anilines is 3. The largest absolute Gasteiger partial charge is 0.484 e. The Hall–Kier alpha value is -11.0. The van der Waals surface area contributed by atoms with Crippen LogP contribution in [0.1, 0.15) is 83.2 Å². The van der Waals surface area contributed by atoms with Crippen molar-refractivity contribution in [2.24, 2.45) is 0 Å². The molecule has 12 heterocycles. The normalized spacial score (nSPS) is 17.8. The highest BCUT2D eigenvalue weighted by Crippen LogP contribution is 2.40. The highest BCUT2D eigenvalue weighted by atomic mass is 35.5. The van der Waals surface area contributed by atoms with E-state index in [1.807, 2.05) is 31.2 Å². The fraction of sp³-hybridized carbons (Fsp3) is 0.338. The molecule has 15 rings (SSSR count). The summed E-state index contributed by atoms with van der Waals surface area (Å²) < 4.78 is 21.9. The first-order valence-corrected chi connectivity index (χ1v) is 35.3. The first kappa shape index (κ1) is 72.4. The molecule has 0 aliphatic carbocycles. The zero-order valence-electron chi connectivity index (χ0n) is 57.2. The van der Waals surface area contributed by atoms with E-state index in [0.717, 1.165) is 44.1 Å². The minimum Gasteiger partial charge on any atom is -0.484 e. The number of halogens is 3. The van der Waals surface area contributed by atoms with Crippen LogP contribution in [-0.2, 0) is 30.5 Å². The Labute approximate surface area is 616 Å². The first-order valence-electron chi connectivity index (χ1n) is 34.2. The summed E-state index contributed by atoms with van der Waals surface area (Å²) in [5.41, 5.74) is 28.1. The van der Waals surface area contributed by atoms with E-state index in [4.69, 9.17) is 81.5 Å². The number of hydrogen-bond donors (Lipinski definition) is 5. The second-order valence-electron chi connectivity index (χ2n) is 25.4. The van der Waals surface area contributed by atoms with Gasteiger partial charge in [-0.3, -0.25) is 29.4 Å². The molecule has 10 aromatic rings. The first-order chi connectivity index (χ1) is 51.0. The van der Waals surface area contributed by atoms with E-state index in [-0.39, 0.29) is 59.3 Å². The highest BCUT2D eigenvalue weighted by molar-refractivity contribution is 6.35. The van der Waals surface area contributed by atoms with Gasteiger partial charge in [-0.2, -0.15) is 15.3 Å². The summed E-state index contributed by atoms with van der Waals surface area (Å²) in [6.07, 6.45) is 16.7. The molecule has 105 heavy (non-hydrogen) atoms. The Balaban J connectivity index is 0.000000140. The van der Waals surface area contributed by atoms with Gasteiger partial charge in [-0.1, -0.05) is 66.7 Å². The number of aromatic amines is 1. The van der Waals surface area contributed by atoms with Gasteiger partial charge in [0, 0.05) is 94.5 Å². The third kappa shape index (κ3) is 15.6. The highest BCUT2D eigenvalue weighted by Gasteiger charge is 2.33. The number of ether oxygens (including phenoxy) is 3. The van der Waals surface area contributed by atoms with Gasteiger partial charge in [0.25, 0.3) is 11.8 Å². The smallest absolute Gasteiger partial charge is 0.267 e. The maximum absolute atomic E-state index is 12.9. The van der Waals surface area contributed by atoms with Crippen LogP contribution in [0.2, 0.25) is 15.1 Å². The second kappa shape index (κ2) is 32.4. The number of hydrogen-bond acceptors (Lipinski definition) is 22. The number of amides is 5. The van der Waals surface area contributed by atoms with Crippen LogP contribution in [0.3, 0.4) is 0 Å². The molecule has 5 saturated heterocycles. The van der Waals surface area contributed by atoms with E-state index in [1.54, 1.807) is 74.5 Å². The number of carbonyl (C=O) groups excluding carboxylic acids is 5. The van der Waals surface area contributed by atoms with Gasteiger partial charge in [-0.25, -0.2) is 53.9 Å². The molecule has 8 N–H and O–H groups in total. The van der Waals surface area contributed by atoms with Crippen LogP contribution in [-0.4, -0.2) is 215 Å². The molecule has 3 aromatic carbocycles. The molecule has 5 aliphatic heterocycles. The number of morpholine rings is 2. The molecule has 3 atom stereocenters. The zero-order valence-corrected chi connectivity index (χ0v) is 59.5. The molecule has 0 radical (unpaired) electrons. The number of piperidine rings is 3.